The molecule has 11 nitrogen and oxygen atoms in total. The summed E-state index contributed by atoms with van der Waals surface area (Å²) in [6.07, 6.45) is 4.75. The molecule has 2 fully saturated rings. The minimum atomic E-state index is -0.652. The quantitative estimate of drug-likeness (QED) is 0.327. The first-order valence-corrected chi connectivity index (χ1v) is 16.0. The standard InChI is InChI=1S/C32H39Cl2N7O4/c1-21(42)11-31(44)40-7-9-41(10-8-40)32-36-18-28(19-37-32)45-30-13-24(12-29(38-30)25-14-26(33)16-27(34)15-25)20-39-5-3-23(4-6-39)17-35-22(2)43/h12-16,18-19,21,23,42H,3-11,17,20H2,1-2H3,(H,35,43). The Balaban J connectivity index is 1.27. The molecule has 1 aromatic carbocycles. The summed E-state index contributed by atoms with van der Waals surface area (Å²) in [6, 6.07) is 9.30. The Bertz CT molecular complexity index is 1450. The molecule has 2 saturated heterocycles. The minimum Gasteiger partial charge on any atom is -0.436 e. The average Bonchev–Trinajstić information content (AvgIpc) is 3.00. The van der Waals surface area contributed by atoms with E-state index in [0.717, 1.165) is 43.6 Å². The number of benzene rings is 1. The van der Waals surface area contributed by atoms with Crippen LogP contribution in [0.3, 0.4) is 0 Å². The number of hydrogen-bond donors (Lipinski definition) is 2. The van der Waals surface area contributed by atoms with Crippen molar-refractivity contribution in [2.45, 2.75) is 45.8 Å². The van der Waals surface area contributed by atoms with Crippen molar-refractivity contribution in [2.24, 2.45) is 5.92 Å². The first kappa shape index (κ1) is 32.9. The van der Waals surface area contributed by atoms with E-state index < -0.39 is 6.10 Å². The number of aliphatic hydroxyl groups is 1. The summed E-state index contributed by atoms with van der Waals surface area (Å²) >= 11 is 12.6. The third-order valence-corrected chi connectivity index (χ3v) is 8.43. The molecule has 2 aliphatic heterocycles. The van der Waals surface area contributed by atoms with Crippen molar-refractivity contribution in [1.29, 1.82) is 0 Å². The Labute approximate surface area is 273 Å². The van der Waals surface area contributed by atoms with Crippen LogP contribution in [0.15, 0.2) is 42.7 Å². The molecule has 0 bridgehead atoms. The number of likely N-dealkylation sites (tertiary alicyclic amines) is 1. The van der Waals surface area contributed by atoms with Crippen molar-refractivity contribution in [3.05, 3.63) is 58.3 Å². The Kier molecular flexibility index (Phi) is 11.1. The molecule has 45 heavy (non-hydrogen) atoms. The van der Waals surface area contributed by atoms with E-state index in [-0.39, 0.29) is 18.2 Å². The fourth-order valence-corrected chi connectivity index (χ4v) is 6.16. The molecule has 2 aromatic heterocycles. The Hall–Kier alpha value is -3.51. The number of amides is 2. The van der Waals surface area contributed by atoms with E-state index >= 15 is 0 Å². The van der Waals surface area contributed by atoms with E-state index in [9.17, 15) is 14.7 Å². The molecule has 2 amide bonds. The molecule has 3 aromatic rings. The van der Waals surface area contributed by atoms with E-state index in [0.29, 0.717) is 72.0 Å². The van der Waals surface area contributed by atoms with Gasteiger partial charge in [0.1, 0.15) is 0 Å². The highest BCUT2D eigenvalue weighted by Crippen LogP contribution is 2.31. The molecule has 4 heterocycles. The van der Waals surface area contributed by atoms with Crippen molar-refractivity contribution >= 4 is 41.0 Å². The van der Waals surface area contributed by atoms with Gasteiger partial charge in [0.25, 0.3) is 0 Å². The zero-order valence-electron chi connectivity index (χ0n) is 25.6. The second-order valence-electron chi connectivity index (χ2n) is 11.8. The van der Waals surface area contributed by atoms with Crippen LogP contribution in [0, 0.1) is 5.92 Å². The van der Waals surface area contributed by atoms with Crippen molar-refractivity contribution < 1.29 is 19.4 Å². The molecule has 13 heteroatoms. The van der Waals surface area contributed by atoms with Gasteiger partial charge < -0.3 is 25.0 Å². The summed E-state index contributed by atoms with van der Waals surface area (Å²) in [5.41, 5.74) is 2.51. The Morgan fingerprint density at radius 2 is 1.67 bits per heavy atom. The summed E-state index contributed by atoms with van der Waals surface area (Å²) in [4.78, 5) is 43.6. The average molecular weight is 657 g/mol. The van der Waals surface area contributed by atoms with Crippen LogP contribution in [0.5, 0.6) is 11.6 Å². The topological polar surface area (TPSA) is 124 Å². The fraction of sp³-hybridized carbons (Fsp3) is 0.469. The molecule has 0 saturated carbocycles. The lowest BCUT2D eigenvalue weighted by Gasteiger charge is -2.35. The third kappa shape index (κ3) is 9.49. The smallest absolute Gasteiger partial charge is 0.225 e. The van der Waals surface area contributed by atoms with Crippen LogP contribution < -0.4 is 15.0 Å². The zero-order chi connectivity index (χ0) is 31.9. The van der Waals surface area contributed by atoms with E-state index in [1.165, 1.54) is 0 Å². The van der Waals surface area contributed by atoms with Crippen LogP contribution in [0.4, 0.5) is 5.95 Å². The number of piperidine rings is 1. The molecular formula is C32H39Cl2N7O4. The highest BCUT2D eigenvalue weighted by molar-refractivity contribution is 6.35. The lowest BCUT2D eigenvalue weighted by molar-refractivity contribution is -0.133. The number of aromatic nitrogens is 3. The number of carbonyl (C=O) groups is 2. The largest absolute Gasteiger partial charge is 0.436 e. The third-order valence-electron chi connectivity index (χ3n) is 8.00. The fourth-order valence-electron chi connectivity index (χ4n) is 5.63. The van der Waals surface area contributed by atoms with Gasteiger partial charge >= 0.3 is 0 Å². The van der Waals surface area contributed by atoms with Crippen molar-refractivity contribution in [2.75, 3.05) is 50.7 Å². The van der Waals surface area contributed by atoms with E-state index in [4.69, 9.17) is 32.9 Å². The van der Waals surface area contributed by atoms with Gasteiger partial charge in [0.05, 0.1) is 30.6 Å². The van der Waals surface area contributed by atoms with Crippen LogP contribution in [-0.4, -0.2) is 93.6 Å². The van der Waals surface area contributed by atoms with Gasteiger partial charge in [-0.25, -0.2) is 15.0 Å². The first-order chi connectivity index (χ1) is 21.6. The number of nitrogens with one attached hydrogen (secondary N) is 1. The zero-order valence-corrected chi connectivity index (χ0v) is 27.1. The number of anilines is 1. The summed E-state index contributed by atoms with van der Waals surface area (Å²) in [7, 11) is 0. The first-order valence-electron chi connectivity index (χ1n) is 15.3. The molecular weight excluding hydrogens is 617 g/mol. The molecule has 0 radical (unpaired) electrons. The number of rotatable bonds is 10. The van der Waals surface area contributed by atoms with Gasteiger partial charge in [-0.1, -0.05) is 23.2 Å². The maximum Gasteiger partial charge on any atom is 0.225 e. The van der Waals surface area contributed by atoms with Crippen molar-refractivity contribution in [3.8, 4) is 22.9 Å². The minimum absolute atomic E-state index is 0.0102. The number of ether oxygens (including phenoxy) is 1. The number of piperazine rings is 1. The molecule has 240 valence electrons. The maximum absolute atomic E-state index is 12.3. The highest BCUT2D eigenvalue weighted by atomic mass is 35.5. The number of hydrogen-bond acceptors (Lipinski definition) is 9. The van der Waals surface area contributed by atoms with Gasteiger partial charge in [0, 0.05) is 67.9 Å². The monoisotopic (exact) mass is 655 g/mol. The van der Waals surface area contributed by atoms with Crippen molar-refractivity contribution in [3.63, 3.8) is 0 Å². The second-order valence-corrected chi connectivity index (χ2v) is 12.6. The molecule has 2 aliphatic rings. The Morgan fingerprint density at radius 1 is 1.00 bits per heavy atom. The highest BCUT2D eigenvalue weighted by Gasteiger charge is 2.24. The van der Waals surface area contributed by atoms with E-state index in [1.807, 2.05) is 29.2 Å². The summed E-state index contributed by atoms with van der Waals surface area (Å²) in [5.74, 6) is 1.85. The lowest BCUT2D eigenvalue weighted by atomic mass is 9.96. The van der Waals surface area contributed by atoms with Crippen LogP contribution >= 0.6 is 23.2 Å². The van der Waals surface area contributed by atoms with Crippen LogP contribution in [0.1, 0.15) is 38.7 Å². The van der Waals surface area contributed by atoms with Crippen molar-refractivity contribution in [1.82, 2.24) is 30.1 Å². The summed E-state index contributed by atoms with van der Waals surface area (Å²) in [5, 5.41) is 13.5. The van der Waals surface area contributed by atoms with Gasteiger partial charge in [0.2, 0.25) is 23.6 Å². The predicted molar refractivity (Wildman–Crippen MR) is 174 cm³/mol. The predicted octanol–water partition coefficient (Wildman–Crippen LogP) is 4.41. The van der Waals surface area contributed by atoms with Gasteiger partial charge in [0.15, 0.2) is 5.75 Å². The molecule has 1 atom stereocenters. The van der Waals surface area contributed by atoms with Crippen LogP contribution in [0.2, 0.25) is 10.0 Å². The molecule has 5 rings (SSSR count). The van der Waals surface area contributed by atoms with E-state index in [1.54, 1.807) is 37.2 Å². The maximum atomic E-state index is 12.3. The summed E-state index contributed by atoms with van der Waals surface area (Å²) in [6.45, 7) is 8.77. The van der Waals surface area contributed by atoms with Gasteiger partial charge in [-0.15, -0.1) is 0 Å². The normalized spacial score (nSPS) is 16.8. The van der Waals surface area contributed by atoms with Gasteiger partial charge in [-0.3, -0.25) is 14.5 Å². The number of pyridine rings is 1. The van der Waals surface area contributed by atoms with Gasteiger partial charge in [-0.2, -0.15) is 0 Å². The Morgan fingerprint density at radius 3 is 2.29 bits per heavy atom. The molecule has 2 N–H and O–H groups in total. The van der Waals surface area contributed by atoms with E-state index in [2.05, 4.69) is 20.2 Å². The molecule has 1 unspecified atom stereocenters. The number of nitrogens with zero attached hydrogens (tertiary/aromatic N) is 6. The molecule has 0 spiro atoms. The summed E-state index contributed by atoms with van der Waals surface area (Å²) < 4.78 is 6.17. The number of halogens is 2. The van der Waals surface area contributed by atoms with Gasteiger partial charge in [-0.05, 0) is 68.6 Å². The van der Waals surface area contributed by atoms with Crippen LogP contribution in [0.25, 0.3) is 11.3 Å². The SMILES string of the molecule is CC(=O)NCC1CCN(Cc2cc(Oc3cnc(N4CCN(C(=O)CC(C)O)CC4)nc3)nc(-c3cc(Cl)cc(Cl)c3)c2)CC1. The lowest BCUT2D eigenvalue weighted by Crippen LogP contribution is -2.49. The molecule has 0 aliphatic carbocycles. The number of carbonyl (C=O) groups excluding carboxylic acids is 2. The second kappa shape index (κ2) is 15.2. The van der Waals surface area contributed by atoms with Crippen LogP contribution in [-0.2, 0) is 16.1 Å². The number of aliphatic hydroxyl groups excluding tert-OH is 1.